The first-order valence-electron chi connectivity index (χ1n) is 8.22. The van der Waals surface area contributed by atoms with Crippen molar-refractivity contribution in [1.29, 1.82) is 0 Å². The molecule has 128 valence electrons. The number of hydrogen-bond donors (Lipinski definition) is 1. The van der Waals surface area contributed by atoms with Crippen LogP contribution in [0.3, 0.4) is 0 Å². The summed E-state index contributed by atoms with van der Waals surface area (Å²) in [7, 11) is 0. The monoisotopic (exact) mass is 338 g/mol. The lowest BCUT2D eigenvalue weighted by atomic mass is 9.97. The van der Waals surface area contributed by atoms with Gasteiger partial charge in [-0.1, -0.05) is 11.6 Å². The lowest BCUT2D eigenvalue weighted by Crippen LogP contribution is -2.42. The standard InChI is InChI=1S/C18H27ClN2O2/c1-13-11-15(19)5-6-16(13)20-12-14-7-9-21(10-8-14)17(22)23-18(2,3)4/h5-6,11,14,20H,7-10,12H2,1-4H3. The van der Waals surface area contributed by atoms with Gasteiger partial charge in [0.1, 0.15) is 5.60 Å². The average Bonchev–Trinajstić information content (AvgIpc) is 2.45. The molecular weight excluding hydrogens is 312 g/mol. The van der Waals surface area contributed by atoms with E-state index < -0.39 is 5.60 Å². The molecule has 1 aromatic carbocycles. The number of likely N-dealkylation sites (tertiary alicyclic amines) is 1. The van der Waals surface area contributed by atoms with E-state index in [4.69, 9.17) is 16.3 Å². The number of hydrogen-bond acceptors (Lipinski definition) is 3. The first-order chi connectivity index (χ1) is 10.7. The van der Waals surface area contributed by atoms with Crippen molar-refractivity contribution in [3.8, 4) is 0 Å². The number of amides is 1. The van der Waals surface area contributed by atoms with Gasteiger partial charge in [0.05, 0.1) is 0 Å². The maximum Gasteiger partial charge on any atom is 0.410 e. The zero-order valence-corrected chi connectivity index (χ0v) is 15.2. The predicted octanol–water partition coefficient (Wildman–Crippen LogP) is 4.71. The molecule has 0 bridgehead atoms. The van der Waals surface area contributed by atoms with E-state index in [2.05, 4.69) is 12.2 Å². The SMILES string of the molecule is Cc1cc(Cl)ccc1NCC1CCN(C(=O)OC(C)(C)C)CC1. The third kappa shape index (κ3) is 5.61. The lowest BCUT2D eigenvalue weighted by Gasteiger charge is -2.33. The first kappa shape index (κ1) is 17.9. The van der Waals surface area contributed by atoms with Gasteiger partial charge in [0, 0.05) is 30.3 Å². The van der Waals surface area contributed by atoms with Crippen molar-refractivity contribution >= 4 is 23.4 Å². The number of nitrogens with one attached hydrogen (secondary N) is 1. The summed E-state index contributed by atoms with van der Waals surface area (Å²) in [5, 5.41) is 4.26. The van der Waals surface area contributed by atoms with Gasteiger partial charge in [-0.2, -0.15) is 0 Å². The third-order valence-corrected chi connectivity index (χ3v) is 4.27. The zero-order valence-electron chi connectivity index (χ0n) is 14.5. The molecule has 1 aliphatic rings. The minimum absolute atomic E-state index is 0.197. The van der Waals surface area contributed by atoms with Gasteiger partial charge in [-0.05, 0) is 70.2 Å². The van der Waals surface area contributed by atoms with E-state index in [0.29, 0.717) is 5.92 Å². The highest BCUT2D eigenvalue weighted by Crippen LogP contribution is 2.23. The predicted molar refractivity (Wildman–Crippen MR) is 95.2 cm³/mol. The molecule has 0 aliphatic carbocycles. The quantitative estimate of drug-likeness (QED) is 0.868. The van der Waals surface area contributed by atoms with Crippen molar-refractivity contribution in [3.05, 3.63) is 28.8 Å². The van der Waals surface area contributed by atoms with Gasteiger partial charge in [0.25, 0.3) is 0 Å². The van der Waals surface area contributed by atoms with Crippen LogP contribution < -0.4 is 5.32 Å². The Bertz CT molecular complexity index is 546. The highest BCUT2D eigenvalue weighted by Gasteiger charge is 2.26. The van der Waals surface area contributed by atoms with Gasteiger partial charge in [0.15, 0.2) is 0 Å². The van der Waals surface area contributed by atoms with E-state index in [1.54, 1.807) is 0 Å². The number of benzene rings is 1. The maximum atomic E-state index is 12.1. The summed E-state index contributed by atoms with van der Waals surface area (Å²) >= 11 is 5.98. The molecule has 1 aromatic rings. The molecule has 0 atom stereocenters. The molecule has 2 rings (SSSR count). The fraction of sp³-hybridized carbons (Fsp3) is 0.611. The zero-order chi connectivity index (χ0) is 17.0. The van der Waals surface area contributed by atoms with Crippen LogP contribution in [0.5, 0.6) is 0 Å². The molecule has 1 N–H and O–H groups in total. The summed E-state index contributed by atoms with van der Waals surface area (Å²) in [4.78, 5) is 13.9. The van der Waals surface area contributed by atoms with Gasteiger partial charge in [-0.3, -0.25) is 0 Å². The number of rotatable bonds is 3. The topological polar surface area (TPSA) is 41.6 Å². The van der Waals surface area contributed by atoms with Crippen LogP contribution in [0.1, 0.15) is 39.2 Å². The summed E-state index contributed by atoms with van der Waals surface area (Å²) in [5.41, 5.74) is 1.86. The first-order valence-corrected chi connectivity index (χ1v) is 8.60. The normalized spacial score (nSPS) is 16.3. The van der Waals surface area contributed by atoms with Crippen molar-refractivity contribution in [1.82, 2.24) is 4.90 Å². The molecule has 1 saturated heterocycles. The van der Waals surface area contributed by atoms with E-state index in [-0.39, 0.29) is 6.09 Å². The molecule has 0 unspecified atom stereocenters. The van der Waals surface area contributed by atoms with Crippen LogP contribution in [0.2, 0.25) is 5.02 Å². The Morgan fingerprint density at radius 2 is 2.00 bits per heavy atom. The lowest BCUT2D eigenvalue weighted by molar-refractivity contribution is 0.0188. The molecule has 23 heavy (non-hydrogen) atoms. The largest absolute Gasteiger partial charge is 0.444 e. The molecule has 1 amide bonds. The summed E-state index contributed by atoms with van der Waals surface area (Å²) in [6.07, 6.45) is 1.80. The Labute approximate surface area is 144 Å². The Morgan fingerprint density at radius 1 is 1.35 bits per heavy atom. The molecule has 0 saturated carbocycles. The van der Waals surface area contributed by atoms with Crippen LogP contribution in [-0.4, -0.2) is 36.2 Å². The van der Waals surface area contributed by atoms with E-state index >= 15 is 0 Å². The second-order valence-corrected chi connectivity index (χ2v) is 7.69. The molecule has 1 aliphatic heterocycles. The number of carbonyl (C=O) groups excluding carboxylic acids is 1. The molecular formula is C18H27ClN2O2. The molecule has 1 fully saturated rings. The van der Waals surface area contributed by atoms with Crippen LogP contribution in [0.15, 0.2) is 18.2 Å². The number of anilines is 1. The van der Waals surface area contributed by atoms with Crippen molar-refractivity contribution < 1.29 is 9.53 Å². The number of carbonyl (C=O) groups is 1. The Morgan fingerprint density at radius 3 is 2.57 bits per heavy atom. The molecule has 4 nitrogen and oxygen atoms in total. The number of nitrogens with zero attached hydrogens (tertiary/aromatic N) is 1. The van der Waals surface area contributed by atoms with E-state index in [0.717, 1.165) is 48.7 Å². The highest BCUT2D eigenvalue weighted by atomic mass is 35.5. The summed E-state index contributed by atoms with van der Waals surface area (Å²) in [6.45, 7) is 10.2. The molecule has 1 heterocycles. The van der Waals surface area contributed by atoms with Gasteiger partial charge in [0.2, 0.25) is 0 Å². The summed E-state index contributed by atoms with van der Waals surface area (Å²) in [6, 6.07) is 5.89. The van der Waals surface area contributed by atoms with Crippen LogP contribution >= 0.6 is 11.6 Å². The second-order valence-electron chi connectivity index (χ2n) is 7.25. The Kier molecular flexibility index (Phi) is 5.79. The number of halogens is 1. The van der Waals surface area contributed by atoms with Gasteiger partial charge >= 0.3 is 6.09 Å². The number of ether oxygens (including phenoxy) is 1. The summed E-state index contributed by atoms with van der Waals surface area (Å²) < 4.78 is 5.43. The minimum atomic E-state index is -0.429. The molecule has 0 spiro atoms. The Balaban J connectivity index is 1.77. The van der Waals surface area contributed by atoms with Crippen molar-refractivity contribution in [2.24, 2.45) is 5.92 Å². The van der Waals surface area contributed by atoms with Crippen LogP contribution in [-0.2, 0) is 4.74 Å². The molecule has 0 radical (unpaired) electrons. The smallest absolute Gasteiger partial charge is 0.410 e. The van der Waals surface area contributed by atoms with E-state index in [1.807, 2.05) is 43.9 Å². The van der Waals surface area contributed by atoms with Crippen molar-refractivity contribution in [3.63, 3.8) is 0 Å². The Hall–Kier alpha value is -1.42. The van der Waals surface area contributed by atoms with Crippen LogP contribution in [0.25, 0.3) is 0 Å². The number of aryl methyl sites for hydroxylation is 1. The van der Waals surface area contributed by atoms with Crippen LogP contribution in [0, 0.1) is 12.8 Å². The fourth-order valence-electron chi connectivity index (χ4n) is 2.73. The fourth-order valence-corrected chi connectivity index (χ4v) is 2.95. The van der Waals surface area contributed by atoms with E-state index in [9.17, 15) is 4.79 Å². The van der Waals surface area contributed by atoms with Crippen LogP contribution in [0.4, 0.5) is 10.5 Å². The second kappa shape index (κ2) is 7.43. The molecule has 0 aromatic heterocycles. The van der Waals surface area contributed by atoms with Gasteiger partial charge < -0.3 is 15.0 Å². The molecule has 5 heteroatoms. The maximum absolute atomic E-state index is 12.1. The highest BCUT2D eigenvalue weighted by molar-refractivity contribution is 6.30. The van der Waals surface area contributed by atoms with Gasteiger partial charge in [-0.25, -0.2) is 4.79 Å². The van der Waals surface area contributed by atoms with Crippen molar-refractivity contribution in [2.75, 3.05) is 25.0 Å². The van der Waals surface area contributed by atoms with E-state index in [1.165, 1.54) is 0 Å². The van der Waals surface area contributed by atoms with Gasteiger partial charge in [-0.15, -0.1) is 0 Å². The third-order valence-electron chi connectivity index (χ3n) is 4.04. The minimum Gasteiger partial charge on any atom is -0.444 e. The van der Waals surface area contributed by atoms with Crippen molar-refractivity contribution in [2.45, 2.75) is 46.1 Å². The summed E-state index contributed by atoms with van der Waals surface area (Å²) in [5.74, 6) is 0.573. The average molecular weight is 339 g/mol. The number of piperidine rings is 1.